The molecule has 0 spiro atoms. The van der Waals surface area contributed by atoms with Crippen molar-refractivity contribution in [1.82, 2.24) is 4.98 Å². The summed E-state index contributed by atoms with van der Waals surface area (Å²) in [5.41, 5.74) is 3.14. The van der Waals surface area contributed by atoms with Gasteiger partial charge >= 0.3 is 0 Å². The number of benzene rings is 2. The largest absolute Gasteiger partial charge is 0.858 e. The summed E-state index contributed by atoms with van der Waals surface area (Å²) in [4.78, 5) is 9.08. The Balaban J connectivity index is 1.56. The summed E-state index contributed by atoms with van der Waals surface area (Å²) in [5, 5.41) is 13.5. The maximum atomic E-state index is 12.4. The van der Waals surface area contributed by atoms with Crippen molar-refractivity contribution >= 4 is 27.3 Å². The molecule has 122 valence electrons. The van der Waals surface area contributed by atoms with Crippen LogP contribution in [0, 0.1) is 0 Å². The van der Waals surface area contributed by atoms with E-state index in [-0.39, 0.29) is 5.90 Å². The van der Waals surface area contributed by atoms with E-state index in [1.807, 2.05) is 66.9 Å². The van der Waals surface area contributed by atoms with Gasteiger partial charge in [-0.3, -0.25) is 9.98 Å². The number of aliphatic imine (C=N–C) groups is 1. The highest BCUT2D eigenvalue weighted by molar-refractivity contribution is 7.20. The van der Waals surface area contributed by atoms with Crippen LogP contribution in [-0.2, 0) is 6.54 Å². The number of aromatic nitrogens is 1. The molecule has 0 saturated carbocycles. The molecular weight excluding hydrogens is 328 g/mol. The van der Waals surface area contributed by atoms with Crippen molar-refractivity contribution in [3.63, 3.8) is 0 Å². The Morgan fingerprint density at radius 3 is 2.68 bits per heavy atom. The van der Waals surface area contributed by atoms with Crippen LogP contribution in [0.15, 0.2) is 84.1 Å². The Morgan fingerprint density at radius 2 is 1.84 bits per heavy atom. The third-order valence-corrected chi connectivity index (χ3v) is 5.07. The lowest BCUT2D eigenvalue weighted by Crippen LogP contribution is -2.17. The Labute approximate surface area is 150 Å². The lowest BCUT2D eigenvalue weighted by atomic mass is 10.1. The minimum atomic E-state index is -0.159. The second kappa shape index (κ2) is 6.87. The van der Waals surface area contributed by atoms with E-state index in [1.165, 1.54) is 11.3 Å². The van der Waals surface area contributed by atoms with Gasteiger partial charge in [0, 0.05) is 22.0 Å². The van der Waals surface area contributed by atoms with Gasteiger partial charge in [-0.2, -0.15) is 0 Å². The molecule has 0 saturated heterocycles. The van der Waals surface area contributed by atoms with E-state index in [0.29, 0.717) is 11.4 Å². The molecule has 0 bridgehead atoms. The van der Waals surface area contributed by atoms with Crippen LogP contribution in [-0.4, -0.2) is 10.9 Å². The van der Waals surface area contributed by atoms with Crippen LogP contribution in [0.5, 0.6) is 0 Å². The van der Waals surface area contributed by atoms with Crippen LogP contribution in [0.4, 0.5) is 0 Å². The van der Waals surface area contributed by atoms with Gasteiger partial charge in [-0.1, -0.05) is 42.5 Å². The van der Waals surface area contributed by atoms with E-state index in [4.69, 9.17) is 0 Å². The molecule has 0 amide bonds. The average Bonchev–Trinajstić information content (AvgIpc) is 3.11. The topological polar surface area (TPSA) is 48.3 Å². The number of nitrogens with zero attached hydrogens (tertiary/aromatic N) is 2. The summed E-state index contributed by atoms with van der Waals surface area (Å²) in [6.45, 7) is 0.376. The molecule has 2 heterocycles. The van der Waals surface area contributed by atoms with E-state index >= 15 is 0 Å². The smallest absolute Gasteiger partial charge is 0.0633 e. The fraction of sp³-hybridized carbons (Fsp3) is 0.0476. The summed E-state index contributed by atoms with van der Waals surface area (Å²) < 4.78 is 1.11. The quantitative estimate of drug-likeness (QED) is 0.410. The summed E-state index contributed by atoms with van der Waals surface area (Å²) in [5.74, 6) is -0.159. The van der Waals surface area contributed by atoms with Crippen molar-refractivity contribution in [2.24, 2.45) is 4.99 Å². The molecule has 0 fully saturated rings. The monoisotopic (exact) mass is 343 g/mol. The van der Waals surface area contributed by atoms with Gasteiger partial charge in [0.2, 0.25) is 0 Å². The second-order valence-corrected chi connectivity index (χ2v) is 6.80. The number of fused-ring (bicyclic) bond motifs is 1. The lowest BCUT2D eigenvalue weighted by molar-refractivity contribution is -0.212. The number of thiophene rings is 1. The Bertz CT molecular complexity index is 1000. The SMILES string of the molecule is [O-]C(=NCc1cccc(-c2cccnc2)c1)c1cc2ccccc2s1. The summed E-state index contributed by atoms with van der Waals surface area (Å²) in [6.07, 6.45) is 3.59. The predicted molar refractivity (Wildman–Crippen MR) is 102 cm³/mol. The first-order valence-corrected chi connectivity index (χ1v) is 8.81. The first-order chi connectivity index (χ1) is 12.3. The van der Waals surface area contributed by atoms with Crippen molar-refractivity contribution in [3.05, 3.63) is 89.6 Å². The van der Waals surface area contributed by atoms with Crippen LogP contribution >= 0.6 is 11.3 Å². The third-order valence-electron chi connectivity index (χ3n) is 3.96. The van der Waals surface area contributed by atoms with Gasteiger partial charge in [-0.25, -0.2) is 0 Å². The zero-order valence-electron chi connectivity index (χ0n) is 13.4. The third kappa shape index (κ3) is 3.44. The van der Waals surface area contributed by atoms with E-state index in [1.54, 1.807) is 6.20 Å². The first-order valence-electron chi connectivity index (χ1n) is 7.99. The van der Waals surface area contributed by atoms with Crippen molar-refractivity contribution in [2.45, 2.75) is 6.54 Å². The molecule has 0 N–H and O–H groups in total. The zero-order chi connectivity index (χ0) is 17.1. The van der Waals surface area contributed by atoms with Gasteiger partial charge in [-0.05, 0) is 52.2 Å². The lowest BCUT2D eigenvalue weighted by Gasteiger charge is -2.09. The average molecular weight is 343 g/mol. The fourth-order valence-electron chi connectivity index (χ4n) is 2.71. The molecule has 0 radical (unpaired) electrons. The minimum absolute atomic E-state index is 0.159. The molecule has 3 nitrogen and oxygen atoms in total. The molecule has 25 heavy (non-hydrogen) atoms. The Hall–Kier alpha value is -2.98. The predicted octanol–water partition coefficient (Wildman–Crippen LogP) is 4.27. The zero-order valence-corrected chi connectivity index (χ0v) is 14.2. The van der Waals surface area contributed by atoms with Crippen molar-refractivity contribution < 1.29 is 5.11 Å². The Kier molecular flexibility index (Phi) is 4.27. The normalized spacial score (nSPS) is 11.8. The van der Waals surface area contributed by atoms with Gasteiger partial charge in [0.1, 0.15) is 0 Å². The van der Waals surface area contributed by atoms with Crippen molar-refractivity contribution in [2.75, 3.05) is 0 Å². The molecule has 4 rings (SSSR count). The summed E-state index contributed by atoms with van der Waals surface area (Å²) >= 11 is 1.49. The maximum absolute atomic E-state index is 12.4. The standard InChI is InChI=1S/C21H16N2OS/c24-21(20-12-17-6-1-2-9-19(17)25-20)23-13-15-5-3-7-16(11-15)18-8-4-10-22-14-18/h1-12,14H,13H2,(H,23,24)/p-1. The molecule has 0 aliphatic heterocycles. The number of pyridine rings is 1. The van der Waals surface area contributed by atoms with Crippen LogP contribution in [0.2, 0.25) is 0 Å². The van der Waals surface area contributed by atoms with Gasteiger partial charge in [0.25, 0.3) is 0 Å². The molecular formula is C21H15N2OS-. The fourth-order valence-corrected chi connectivity index (χ4v) is 3.68. The first kappa shape index (κ1) is 15.5. The van der Waals surface area contributed by atoms with Crippen LogP contribution in [0.1, 0.15) is 10.4 Å². The van der Waals surface area contributed by atoms with Gasteiger partial charge in [0.05, 0.1) is 6.54 Å². The second-order valence-electron chi connectivity index (χ2n) is 5.71. The van der Waals surface area contributed by atoms with Gasteiger partial charge in [0.15, 0.2) is 0 Å². The van der Waals surface area contributed by atoms with Crippen LogP contribution in [0.25, 0.3) is 21.2 Å². The van der Waals surface area contributed by atoms with Crippen molar-refractivity contribution in [3.8, 4) is 11.1 Å². The van der Waals surface area contributed by atoms with Gasteiger partial charge in [-0.15, -0.1) is 11.3 Å². The van der Waals surface area contributed by atoms with Crippen molar-refractivity contribution in [1.29, 1.82) is 0 Å². The molecule has 4 heteroatoms. The number of hydrogen-bond acceptors (Lipinski definition) is 4. The van der Waals surface area contributed by atoms with Gasteiger partial charge < -0.3 is 5.11 Å². The Morgan fingerprint density at radius 1 is 0.960 bits per heavy atom. The van der Waals surface area contributed by atoms with Crippen LogP contribution in [0.3, 0.4) is 0 Å². The number of hydrogen-bond donors (Lipinski definition) is 0. The molecule has 2 aromatic carbocycles. The highest BCUT2D eigenvalue weighted by Gasteiger charge is 2.02. The molecule has 0 unspecified atom stereocenters. The molecule has 2 aromatic heterocycles. The molecule has 4 aromatic rings. The molecule has 0 aliphatic carbocycles. The van der Waals surface area contributed by atoms with Crippen LogP contribution < -0.4 is 5.11 Å². The number of rotatable bonds is 4. The van der Waals surface area contributed by atoms with E-state index in [9.17, 15) is 5.11 Å². The maximum Gasteiger partial charge on any atom is 0.0633 e. The molecule has 0 atom stereocenters. The van der Waals surface area contributed by atoms with E-state index < -0.39 is 0 Å². The highest BCUT2D eigenvalue weighted by Crippen LogP contribution is 2.25. The minimum Gasteiger partial charge on any atom is -0.858 e. The summed E-state index contributed by atoms with van der Waals surface area (Å²) in [7, 11) is 0. The summed E-state index contributed by atoms with van der Waals surface area (Å²) in [6, 6.07) is 21.9. The highest BCUT2D eigenvalue weighted by atomic mass is 32.1. The molecule has 0 aliphatic rings. The van der Waals surface area contributed by atoms with E-state index in [0.717, 1.165) is 26.8 Å². The van der Waals surface area contributed by atoms with E-state index in [2.05, 4.69) is 16.0 Å².